The molecule has 0 aromatic carbocycles. The van der Waals surface area contributed by atoms with Gasteiger partial charge in [0.2, 0.25) is 10.0 Å². The summed E-state index contributed by atoms with van der Waals surface area (Å²) in [4.78, 5) is 4.32. The Morgan fingerprint density at radius 2 is 1.95 bits per heavy atom. The number of hydrogen-bond acceptors (Lipinski definition) is 4. The van der Waals surface area contributed by atoms with Gasteiger partial charge in [0.05, 0.1) is 0 Å². The van der Waals surface area contributed by atoms with Gasteiger partial charge in [0, 0.05) is 19.3 Å². The zero-order valence-electron chi connectivity index (χ0n) is 12.7. The molecule has 1 rings (SSSR count). The van der Waals surface area contributed by atoms with Crippen LogP contribution in [0, 0.1) is 11.8 Å². The molecule has 114 valence electrons. The molecule has 1 heterocycles. The molecule has 2 N–H and O–H groups in total. The number of aromatic nitrogens is 1. The van der Waals surface area contributed by atoms with Crippen LogP contribution in [-0.2, 0) is 10.0 Å². The highest BCUT2D eigenvalue weighted by molar-refractivity contribution is 7.89. The lowest BCUT2D eigenvalue weighted by Crippen LogP contribution is -2.30. The van der Waals surface area contributed by atoms with E-state index in [0.717, 1.165) is 13.0 Å². The molecular weight excluding hydrogens is 274 g/mol. The van der Waals surface area contributed by atoms with Gasteiger partial charge in [-0.05, 0) is 30.4 Å². The van der Waals surface area contributed by atoms with Gasteiger partial charge >= 0.3 is 0 Å². The van der Waals surface area contributed by atoms with Crippen LogP contribution >= 0.6 is 0 Å². The lowest BCUT2D eigenvalue weighted by atomic mass is 9.99. The summed E-state index contributed by atoms with van der Waals surface area (Å²) in [6, 6.07) is 3.27. The smallest absolute Gasteiger partial charge is 0.242 e. The van der Waals surface area contributed by atoms with Crippen molar-refractivity contribution in [1.82, 2.24) is 9.71 Å². The molecule has 0 fully saturated rings. The van der Waals surface area contributed by atoms with Crippen molar-refractivity contribution >= 4 is 15.8 Å². The lowest BCUT2D eigenvalue weighted by molar-refractivity contribution is 0.414. The van der Waals surface area contributed by atoms with E-state index in [4.69, 9.17) is 0 Å². The van der Waals surface area contributed by atoms with Crippen LogP contribution < -0.4 is 10.0 Å². The van der Waals surface area contributed by atoms with E-state index in [9.17, 15) is 8.42 Å². The molecule has 0 radical (unpaired) electrons. The molecule has 1 aromatic heterocycles. The average molecular weight is 299 g/mol. The molecule has 20 heavy (non-hydrogen) atoms. The largest absolute Gasteiger partial charge is 0.370 e. The fourth-order valence-electron chi connectivity index (χ4n) is 1.46. The van der Waals surface area contributed by atoms with E-state index in [0.29, 0.717) is 24.2 Å². The van der Waals surface area contributed by atoms with Gasteiger partial charge in [0.15, 0.2) is 0 Å². The Morgan fingerprint density at radius 3 is 2.45 bits per heavy atom. The fourth-order valence-corrected chi connectivity index (χ4v) is 2.54. The van der Waals surface area contributed by atoms with Crippen LogP contribution in [-0.4, -0.2) is 26.5 Å². The molecule has 0 saturated carbocycles. The number of nitrogens with zero attached hydrogens (tertiary/aromatic N) is 1. The molecule has 1 unspecified atom stereocenters. The Bertz CT molecular complexity index is 498. The molecule has 0 aliphatic carbocycles. The lowest BCUT2D eigenvalue weighted by Gasteiger charge is -2.16. The van der Waals surface area contributed by atoms with Gasteiger partial charge in [-0.25, -0.2) is 18.1 Å². The number of hydrogen-bond donors (Lipinski definition) is 2. The second kappa shape index (κ2) is 7.59. The third-order valence-corrected chi connectivity index (χ3v) is 4.74. The summed E-state index contributed by atoms with van der Waals surface area (Å²) >= 11 is 0. The molecule has 0 aliphatic rings. The number of rotatable bonds is 8. The maximum atomic E-state index is 12.1. The number of anilines is 1. The molecule has 1 aromatic rings. The highest BCUT2D eigenvalue weighted by Gasteiger charge is 2.16. The standard InChI is InChI=1S/C14H25N3O2S/c1-5-8-15-14-7-6-13(10-16-14)20(18,19)17-9-12(4)11(2)3/h6-7,10-12,17H,5,8-9H2,1-4H3,(H,15,16). The van der Waals surface area contributed by atoms with Crippen molar-refractivity contribution in [3.63, 3.8) is 0 Å². The van der Waals surface area contributed by atoms with Crippen molar-refractivity contribution < 1.29 is 8.42 Å². The van der Waals surface area contributed by atoms with Crippen molar-refractivity contribution in [3.05, 3.63) is 18.3 Å². The monoisotopic (exact) mass is 299 g/mol. The van der Waals surface area contributed by atoms with Crippen molar-refractivity contribution in [1.29, 1.82) is 0 Å². The van der Waals surface area contributed by atoms with Crippen LogP contribution in [0.15, 0.2) is 23.2 Å². The molecule has 0 amide bonds. The van der Waals surface area contributed by atoms with Crippen LogP contribution in [0.4, 0.5) is 5.82 Å². The molecule has 1 atom stereocenters. The van der Waals surface area contributed by atoms with Crippen LogP contribution in [0.1, 0.15) is 34.1 Å². The van der Waals surface area contributed by atoms with Gasteiger partial charge in [0.25, 0.3) is 0 Å². The third-order valence-electron chi connectivity index (χ3n) is 3.34. The molecule has 0 bridgehead atoms. The van der Waals surface area contributed by atoms with Crippen LogP contribution in [0.3, 0.4) is 0 Å². The van der Waals surface area contributed by atoms with Crippen molar-refractivity contribution in [2.75, 3.05) is 18.4 Å². The zero-order valence-corrected chi connectivity index (χ0v) is 13.5. The number of sulfonamides is 1. The van der Waals surface area contributed by atoms with Gasteiger partial charge in [0.1, 0.15) is 10.7 Å². The minimum atomic E-state index is -3.47. The van der Waals surface area contributed by atoms with E-state index in [-0.39, 0.29) is 4.90 Å². The van der Waals surface area contributed by atoms with Gasteiger partial charge in [-0.15, -0.1) is 0 Å². The molecule has 0 saturated heterocycles. The van der Waals surface area contributed by atoms with E-state index in [1.54, 1.807) is 12.1 Å². The first-order valence-corrected chi connectivity index (χ1v) is 8.54. The van der Waals surface area contributed by atoms with E-state index in [1.807, 2.05) is 6.92 Å². The molecular formula is C14H25N3O2S. The van der Waals surface area contributed by atoms with Gasteiger partial charge in [-0.3, -0.25) is 0 Å². The van der Waals surface area contributed by atoms with E-state index in [2.05, 4.69) is 35.8 Å². The molecule has 0 aliphatic heterocycles. The predicted molar refractivity (Wildman–Crippen MR) is 82.2 cm³/mol. The Balaban J connectivity index is 2.68. The molecule has 0 spiro atoms. The first-order chi connectivity index (χ1) is 9.36. The predicted octanol–water partition coefficient (Wildman–Crippen LogP) is 2.47. The second-order valence-electron chi connectivity index (χ2n) is 5.38. The van der Waals surface area contributed by atoms with Crippen LogP contribution in [0.5, 0.6) is 0 Å². The summed E-state index contributed by atoms with van der Waals surface area (Å²) in [5.41, 5.74) is 0. The van der Waals surface area contributed by atoms with Crippen molar-refractivity contribution in [3.8, 4) is 0 Å². The topological polar surface area (TPSA) is 71.1 Å². The average Bonchev–Trinajstić information content (AvgIpc) is 2.43. The maximum absolute atomic E-state index is 12.1. The minimum absolute atomic E-state index is 0.204. The Morgan fingerprint density at radius 1 is 1.25 bits per heavy atom. The quantitative estimate of drug-likeness (QED) is 0.773. The van der Waals surface area contributed by atoms with Gasteiger partial charge < -0.3 is 5.32 Å². The van der Waals surface area contributed by atoms with E-state index >= 15 is 0 Å². The van der Waals surface area contributed by atoms with Gasteiger partial charge in [-0.1, -0.05) is 27.7 Å². The summed E-state index contributed by atoms with van der Waals surface area (Å²) in [6.07, 6.45) is 2.39. The summed E-state index contributed by atoms with van der Waals surface area (Å²) in [6.45, 7) is 9.51. The van der Waals surface area contributed by atoms with Crippen LogP contribution in [0.2, 0.25) is 0 Å². The Hall–Kier alpha value is -1.14. The highest BCUT2D eigenvalue weighted by Crippen LogP contribution is 2.13. The summed E-state index contributed by atoms with van der Waals surface area (Å²) in [5.74, 6) is 1.43. The Kier molecular flexibility index (Phi) is 6.42. The highest BCUT2D eigenvalue weighted by atomic mass is 32.2. The van der Waals surface area contributed by atoms with E-state index in [1.165, 1.54) is 6.20 Å². The first-order valence-electron chi connectivity index (χ1n) is 7.06. The first kappa shape index (κ1) is 16.9. The zero-order chi connectivity index (χ0) is 15.2. The van der Waals surface area contributed by atoms with Gasteiger partial charge in [-0.2, -0.15) is 0 Å². The normalized spacial score (nSPS) is 13.4. The fraction of sp³-hybridized carbons (Fsp3) is 0.643. The Labute approximate surface area is 122 Å². The molecule has 6 heteroatoms. The maximum Gasteiger partial charge on any atom is 0.242 e. The summed E-state index contributed by atoms with van der Waals surface area (Å²) in [5, 5.41) is 3.11. The number of pyridine rings is 1. The van der Waals surface area contributed by atoms with Crippen LogP contribution in [0.25, 0.3) is 0 Å². The van der Waals surface area contributed by atoms with Crippen molar-refractivity contribution in [2.24, 2.45) is 11.8 Å². The minimum Gasteiger partial charge on any atom is -0.370 e. The summed E-state index contributed by atoms with van der Waals surface area (Å²) in [7, 11) is -3.47. The summed E-state index contributed by atoms with van der Waals surface area (Å²) < 4.78 is 26.9. The SMILES string of the molecule is CCCNc1ccc(S(=O)(=O)NCC(C)C(C)C)cn1. The third kappa shape index (κ3) is 5.09. The molecule has 5 nitrogen and oxygen atoms in total. The van der Waals surface area contributed by atoms with E-state index < -0.39 is 10.0 Å². The van der Waals surface area contributed by atoms with Crippen molar-refractivity contribution in [2.45, 2.75) is 39.0 Å². The number of nitrogens with one attached hydrogen (secondary N) is 2. The second-order valence-corrected chi connectivity index (χ2v) is 7.15.